The van der Waals surface area contributed by atoms with Crippen LogP contribution in [0.25, 0.3) is 0 Å². The number of hydrogen-bond donors (Lipinski definition) is 1. The van der Waals surface area contributed by atoms with E-state index >= 15 is 0 Å². The van der Waals surface area contributed by atoms with E-state index in [0.29, 0.717) is 17.5 Å². The average Bonchev–Trinajstić information content (AvgIpc) is 2.51. The van der Waals surface area contributed by atoms with Gasteiger partial charge in [-0.1, -0.05) is 68.4 Å². The third kappa shape index (κ3) is 2.89. The molecule has 0 saturated heterocycles. The van der Waals surface area contributed by atoms with Crippen LogP contribution < -0.4 is 5.32 Å². The number of hydrogen-bond acceptors (Lipinski definition) is 1. The zero-order chi connectivity index (χ0) is 14.9. The minimum Gasteiger partial charge on any atom is -0.303 e. The molecule has 1 nitrogen and oxygen atoms in total. The van der Waals surface area contributed by atoms with Crippen molar-refractivity contribution < 1.29 is 0 Å². The standard InChI is InChI=1S/C20H25N/c1-15(16-9-5-4-6-10-16)21-19-13-14-20(2,3)18-12-8-7-11-17(18)19/h4-12,15,19,21H,13-14H2,1-3H3. The van der Waals surface area contributed by atoms with Crippen LogP contribution in [0.2, 0.25) is 0 Å². The largest absolute Gasteiger partial charge is 0.303 e. The van der Waals surface area contributed by atoms with E-state index in [0.717, 1.165) is 0 Å². The fourth-order valence-corrected chi connectivity index (χ4v) is 3.53. The van der Waals surface area contributed by atoms with Gasteiger partial charge in [0.1, 0.15) is 0 Å². The summed E-state index contributed by atoms with van der Waals surface area (Å²) in [5, 5.41) is 3.83. The highest BCUT2D eigenvalue weighted by molar-refractivity contribution is 5.38. The molecule has 1 aliphatic rings. The van der Waals surface area contributed by atoms with Gasteiger partial charge in [0.2, 0.25) is 0 Å². The molecule has 1 aliphatic carbocycles. The SMILES string of the molecule is CC(NC1CCC(C)(C)c2ccccc21)c1ccccc1. The van der Waals surface area contributed by atoms with Crippen molar-refractivity contribution in [2.45, 2.75) is 51.1 Å². The second kappa shape index (κ2) is 5.65. The lowest BCUT2D eigenvalue weighted by Gasteiger charge is -2.38. The van der Waals surface area contributed by atoms with Gasteiger partial charge < -0.3 is 5.32 Å². The summed E-state index contributed by atoms with van der Waals surface area (Å²) in [6.07, 6.45) is 2.45. The highest BCUT2D eigenvalue weighted by atomic mass is 14.9. The summed E-state index contributed by atoms with van der Waals surface area (Å²) in [7, 11) is 0. The van der Waals surface area contributed by atoms with E-state index in [1.807, 2.05) is 0 Å². The Bertz CT molecular complexity index is 600. The van der Waals surface area contributed by atoms with Gasteiger partial charge in [-0.15, -0.1) is 0 Å². The van der Waals surface area contributed by atoms with E-state index < -0.39 is 0 Å². The molecule has 0 aliphatic heterocycles. The van der Waals surface area contributed by atoms with Crippen LogP contribution >= 0.6 is 0 Å². The van der Waals surface area contributed by atoms with Crippen molar-refractivity contribution in [3.8, 4) is 0 Å². The molecule has 3 rings (SSSR count). The van der Waals surface area contributed by atoms with Crippen molar-refractivity contribution in [1.82, 2.24) is 5.32 Å². The lowest BCUT2D eigenvalue weighted by molar-refractivity contribution is 0.340. The molecular formula is C20H25N. The fourth-order valence-electron chi connectivity index (χ4n) is 3.53. The predicted molar refractivity (Wildman–Crippen MR) is 89.4 cm³/mol. The van der Waals surface area contributed by atoms with Crippen LogP contribution in [0, 0.1) is 0 Å². The Labute approximate surface area is 128 Å². The number of nitrogens with one attached hydrogen (secondary N) is 1. The molecule has 110 valence electrons. The maximum Gasteiger partial charge on any atom is 0.0328 e. The second-order valence-corrected chi connectivity index (χ2v) is 6.86. The number of fused-ring (bicyclic) bond motifs is 1. The van der Waals surface area contributed by atoms with Crippen molar-refractivity contribution in [3.05, 3.63) is 71.3 Å². The monoisotopic (exact) mass is 279 g/mol. The molecule has 0 heterocycles. The van der Waals surface area contributed by atoms with Crippen molar-refractivity contribution in [2.24, 2.45) is 0 Å². The van der Waals surface area contributed by atoms with Crippen molar-refractivity contribution >= 4 is 0 Å². The fraction of sp³-hybridized carbons (Fsp3) is 0.400. The lowest BCUT2D eigenvalue weighted by Crippen LogP contribution is -2.33. The molecular weight excluding hydrogens is 254 g/mol. The predicted octanol–water partition coefficient (Wildman–Crippen LogP) is 5.15. The maximum absolute atomic E-state index is 3.83. The van der Waals surface area contributed by atoms with E-state index in [1.165, 1.54) is 29.5 Å². The van der Waals surface area contributed by atoms with Gasteiger partial charge in [0, 0.05) is 12.1 Å². The van der Waals surface area contributed by atoms with Gasteiger partial charge in [0.25, 0.3) is 0 Å². The first-order chi connectivity index (χ1) is 10.1. The minimum absolute atomic E-state index is 0.296. The van der Waals surface area contributed by atoms with Gasteiger partial charge >= 0.3 is 0 Å². The van der Waals surface area contributed by atoms with Crippen LogP contribution in [0.1, 0.15) is 62.4 Å². The third-order valence-corrected chi connectivity index (χ3v) is 4.87. The lowest BCUT2D eigenvalue weighted by atomic mass is 9.71. The maximum atomic E-state index is 3.83. The topological polar surface area (TPSA) is 12.0 Å². The molecule has 2 aromatic carbocycles. The molecule has 0 fully saturated rings. The minimum atomic E-state index is 0.296. The Morgan fingerprint density at radius 2 is 1.67 bits per heavy atom. The summed E-state index contributed by atoms with van der Waals surface area (Å²) >= 11 is 0. The molecule has 2 unspecified atom stereocenters. The van der Waals surface area contributed by atoms with Crippen LogP contribution in [-0.2, 0) is 5.41 Å². The van der Waals surface area contributed by atoms with Gasteiger partial charge in [-0.25, -0.2) is 0 Å². The Morgan fingerprint density at radius 3 is 2.43 bits per heavy atom. The summed E-state index contributed by atoms with van der Waals surface area (Å²) in [6, 6.07) is 20.5. The van der Waals surface area contributed by atoms with Crippen molar-refractivity contribution in [1.29, 1.82) is 0 Å². The number of rotatable bonds is 3. The first-order valence-electron chi connectivity index (χ1n) is 7.98. The third-order valence-electron chi connectivity index (χ3n) is 4.87. The molecule has 0 saturated carbocycles. The summed E-state index contributed by atoms with van der Waals surface area (Å²) in [6.45, 7) is 6.99. The second-order valence-electron chi connectivity index (χ2n) is 6.86. The summed E-state index contributed by atoms with van der Waals surface area (Å²) in [5.41, 5.74) is 4.65. The van der Waals surface area contributed by atoms with E-state index in [1.54, 1.807) is 0 Å². The van der Waals surface area contributed by atoms with E-state index in [-0.39, 0.29) is 0 Å². The zero-order valence-electron chi connectivity index (χ0n) is 13.3. The van der Waals surface area contributed by atoms with E-state index in [9.17, 15) is 0 Å². The zero-order valence-corrected chi connectivity index (χ0v) is 13.3. The summed E-state index contributed by atoms with van der Waals surface area (Å²) in [5.74, 6) is 0. The van der Waals surface area contributed by atoms with Crippen LogP contribution in [-0.4, -0.2) is 0 Å². The normalized spacial score (nSPS) is 21.6. The van der Waals surface area contributed by atoms with Crippen LogP contribution in [0.3, 0.4) is 0 Å². The first kappa shape index (κ1) is 14.3. The Balaban J connectivity index is 1.84. The highest BCUT2D eigenvalue weighted by Crippen LogP contribution is 2.42. The van der Waals surface area contributed by atoms with E-state index in [2.05, 4.69) is 80.7 Å². The molecule has 21 heavy (non-hydrogen) atoms. The molecule has 0 aromatic heterocycles. The Morgan fingerprint density at radius 1 is 1.00 bits per heavy atom. The van der Waals surface area contributed by atoms with Gasteiger partial charge in [0.15, 0.2) is 0 Å². The van der Waals surface area contributed by atoms with Crippen LogP contribution in [0.4, 0.5) is 0 Å². The van der Waals surface area contributed by atoms with Gasteiger partial charge in [-0.05, 0) is 41.9 Å². The molecule has 0 amide bonds. The van der Waals surface area contributed by atoms with Crippen LogP contribution in [0.5, 0.6) is 0 Å². The highest BCUT2D eigenvalue weighted by Gasteiger charge is 2.32. The quantitative estimate of drug-likeness (QED) is 0.819. The van der Waals surface area contributed by atoms with Gasteiger partial charge in [0.05, 0.1) is 0 Å². The van der Waals surface area contributed by atoms with Crippen molar-refractivity contribution in [2.75, 3.05) is 0 Å². The number of benzene rings is 2. The molecule has 0 radical (unpaired) electrons. The molecule has 2 aromatic rings. The van der Waals surface area contributed by atoms with Gasteiger partial charge in [-0.3, -0.25) is 0 Å². The molecule has 0 spiro atoms. The van der Waals surface area contributed by atoms with Crippen molar-refractivity contribution in [3.63, 3.8) is 0 Å². The Hall–Kier alpha value is -1.60. The molecule has 1 N–H and O–H groups in total. The molecule has 1 heteroatoms. The molecule has 2 atom stereocenters. The van der Waals surface area contributed by atoms with Gasteiger partial charge in [-0.2, -0.15) is 0 Å². The van der Waals surface area contributed by atoms with E-state index in [4.69, 9.17) is 0 Å². The van der Waals surface area contributed by atoms with Crippen LogP contribution in [0.15, 0.2) is 54.6 Å². The smallest absolute Gasteiger partial charge is 0.0328 e. The Kier molecular flexibility index (Phi) is 3.86. The summed E-state index contributed by atoms with van der Waals surface area (Å²) < 4.78 is 0. The average molecular weight is 279 g/mol. The molecule has 0 bridgehead atoms. The first-order valence-corrected chi connectivity index (χ1v) is 7.98. The summed E-state index contributed by atoms with van der Waals surface area (Å²) in [4.78, 5) is 0.